The van der Waals surface area contributed by atoms with Crippen LogP contribution in [0.1, 0.15) is 38.2 Å². The highest BCUT2D eigenvalue weighted by Gasteiger charge is 2.15. The number of benzene rings is 1. The number of phenols is 1. The molecule has 0 radical (unpaired) electrons. The average Bonchev–Trinajstić information content (AvgIpc) is 2.48. The van der Waals surface area contributed by atoms with Crippen LogP contribution in [0.15, 0.2) is 18.2 Å². The fraction of sp³-hybridized carbons (Fsp3) is 0.562. The Kier molecular flexibility index (Phi) is 5.41. The fourth-order valence-corrected chi connectivity index (χ4v) is 2.62. The molecule has 4 nitrogen and oxygen atoms in total. The number of hydrogen-bond acceptors (Lipinski definition) is 3. The van der Waals surface area contributed by atoms with Gasteiger partial charge in [0.2, 0.25) is 5.91 Å². The molecule has 1 amide bonds. The lowest BCUT2D eigenvalue weighted by Gasteiger charge is -2.22. The Morgan fingerprint density at radius 1 is 1.50 bits per heavy atom. The molecule has 1 aliphatic rings. The Bertz CT molecular complexity index is 454. The molecule has 1 atom stereocenters. The molecular weight excluding hydrogens is 252 g/mol. The molecule has 3 N–H and O–H groups in total. The van der Waals surface area contributed by atoms with Gasteiger partial charge in [0.05, 0.1) is 5.69 Å². The predicted molar refractivity (Wildman–Crippen MR) is 80.9 cm³/mol. The monoisotopic (exact) mass is 276 g/mol. The van der Waals surface area contributed by atoms with E-state index in [0.29, 0.717) is 18.0 Å². The van der Waals surface area contributed by atoms with Crippen molar-refractivity contribution < 1.29 is 9.90 Å². The number of aromatic hydroxyl groups is 1. The Labute approximate surface area is 120 Å². The summed E-state index contributed by atoms with van der Waals surface area (Å²) in [7, 11) is 0. The van der Waals surface area contributed by atoms with Crippen molar-refractivity contribution in [3.63, 3.8) is 0 Å². The van der Waals surface area contributed by atoms with E-state index in [1.807, 2.05) is 19.1 Å². The van der Waals surface area contributed by atoms with Crippen LogP contribution in [0.2, 0.25) is 0 Å². The zero-order valence-electron chi connectivity index (χ0n) is 12.1. The van der Waals surface area contributed by atoms with Gasteiger partial charge in [-0.15, -0.1) is 0 Å². The number of anilines is 1. The molecule has 0 bridgehead atoms. The smallest absolute Gasteiger partial charge is 0.224 e. The van der Waals surface area contributed by atoms with Gasteiger partial charge in [0.15, 0.2) is 0 Å². The molecule has 1 aromatic carbocycles. The second-order valence-electron chi connectivity index (χ2n) is 5.50. The van der Waals surface area contributed by atoms with E-state index in [-0.39, 0.29) is 11.7 Å². The number of nitrogens with one attached hydrogen (secondary N) is 2. The Morgan fingerprint density at radius 2 is 2.35 bits per heavy atom. The van der Waals surface area contributed by atoms with E-state index < -0.39 is 0 Å². The topological polar surface area (TPSA) is 61.4 Å². The SMILES string of the molecule is CCc1ccc(O)c(NC(=O)CCC2CCCNC2)c1. The third-order valence-electron chi connectivity index (χ3n) is 3.92. The van der Waals surface area contributed by atoms with Crippen LogP contribution < -0.4 is 10.6 Å². The van der Waals surface area contributed by atoms with E-state index in [1.165, 1.54) is 12.8 Å². The highest BCUT2D eigenvalue weighted by atomic mass is 16.3. The zero-order valence-corrected chi connectivity index (χ0v) is 12.1. The normalized spacial score (nSPS) is 18.8. The summed E-state index contributed by atoms with van der Waals surface area (Å²) in [6, 6.07) is 5.35. The van der Waals surface area contributed by atoms with Gasteiger partial charge in [-0.1, -0.05) is 13.0 Å². The summed E-state index contributed by atoms with van der Waals surface area (Å²) < 4.78 is 0. The minimum absolute atomic E-state index is 0.0147. The Morgan fingerprint density at radius 3 is 3.05 bits per heavy atom. The van der Waals surface area contributed by atoms with Gasteiger partial charge < -0.3 is 15.7 Å². The van der Waals surface area contributed by atoms with E-state index in [0.717, 1.165) is 31.5 Å². The number of carbonyl (C=O) groups excluding carboxylic acids is 1. The molecule has 0 saturated carbocycles. The lowest BCUT2D eigenvalue weighted by atomic mass is 9.94. The molecular formula is C16H24N2O2. The summed E-state index contributed by atoms with van der Waals surface area (Å²) in [5.41, 5.74) is 1.63. The Balaban J connectivity index is 1.84. The maximum absolute atomic E-state index is 12.0. The average molecular weight is 276 g/mol. The second-order valence-corrected chi connectivity index (χ2v) is 5.50. The van der Waals surface area contributed by atoms with E-state index in [2.05, 4.69) is 10.6 Å². The summed E-state index contributed by atoms with van der Waals surface area (Å²) in [4.78, 5) is 12.0. The van der Waals surface area contributed by atoms with Crippen molar-refractivity contribution in [2.24, 2.45) is 5.92 Å². The van der Waals surface area contributed by atoms with Crippen LogP contribution >= 0.6 is 0 Å². The Hall–Kier alpha value is -1.55. The molecule has 4 heteroatoms. The summed E-state index contributed by atoms with van der Waals surface area (Å²) in [5.74, 6) is 0.721. The summed E-state index contributed by atoms with van der Waals surface area (Å²) >= 11 is 0. The molecule has 110 valence electrons. The van der Waals surface area contributed by atoms with Crippen molar-refractivity contribution >= 4 is 11.6 Å². The van der Waals surface area contributed by atoms with Crippen molar-refractivity contribution in [3.8, 4) is 5.75 Å². The first-order chi connectivity index (χ1) is 9.69. The number of phenolic OH excluding ortho intramolecular Hbond substituents is 1. The van der Waals surface area contributed by atoms with Crippen LogP contribution in [0.3, 0.4) is 0 Å². The number of aryl methyl sites for hydroxylation is 1. The maximum Gasteiger partial charge on any atom is 0.224 e. The van der Waals surface area contributed by atoms with Crippen LogP contribution in [-0.2, 0) is 11.2 Å². The number of rotatable bonds is 5. The van der Waals surface area contributed by atoms with Crippen LogP contribution in [-0.4, -0.2) is 24.1 Å². The van der Waals surface area contributed by atoms with Crippen LogP contribution in [0.5, 0.6) is 5.75 Å². The van der Waals surface area contributed by atoms with Gasteiger partial charge in [-0.25, -0.2) is 0 Å². The lowest BCUT2D eigenvalue weighted by Crippen LogP contribution is -2.30. The summed E-state index contributed by atoms with van der Waals surface area (Å²) in [6.07, 6.45) is 4.72. The minimum atomic E-state index is -0.0147. The number of hydrogen-bond donors (Lipinski definition) is 3. The minimum Gasteiger partial charge on any atom is -0.506 e. The van der Waals surface area contributed by atoms with Gasteiger partial charge in [0.25, 0.3) is 0 Å². The van der Waals surface area contributed by atoms with Crippen molar-refractivity contribution in [3.05, 3.63) is 23.8 Å². The molecule has 1 fully saturated rings. The first kappa shape index (κ1) is 14.9. The van der Waals surface area contributed by atoms with Gasteiger partial charge in [0, 0.05) is 6.42 Å². The molecule has 0 aromatic heterocycles. The van der Waals surface area contributed by atoms with Crippen molar-refractivity contribution in [2.45, 2.75) is 39.0 Å². The second kappa shape index (κ2) is 7.29. The highest BCUT2D eigenvalue weighted by Crippen LogP contribution is 2.25. The number of carbonyl (C=O) groups is 1. The van der Waals surface area contributed by atoms with Crippen LogP contribution in [0.4, 0.5) is 5.69 Å². The largest absolute Gasteiger partial charge is 0.506 e. The van der Waals surface area contributed by atoms with Gasteiger partial charge in [0.1, 0.15) is 5.75 Å². The highest BCUT2D eigenvalue weighted by molar-refractivity contribution is 5.92. The molecule has 1 unspecified atom stereocenters. The van der Waals surface area contributed by atoms with Crippen molar-refractivity contribution in [2.75, 3.05) is 18.4 Å². The van der Waals surface area contributed by atoms with Crippen LogP contribution in [0.25, 0.3) is 0 Å². The standard InChI is InChI=1S/C16H24N2O2/c1-2-12-5-7-15(19)14(10-12)18-16(20)8-6-13-4-3-9-17-11-13/h5,7,10,13,17,19H,2-4,6,8-9,11H2,1H3,(H,18,20). The maximum atomic E-state index is 12.0. The molecule has 2 rings (SSSR count). The van der Waals surface area contributed by atoms with E-state index in [4.69, 9.17) is 0 Å². The van der Waals surface area contributed by atoms with Crippen LogP contribution in [0, 0.1) is 5.92 Å². The predicted octanol–water partition coefficient (Wildman–Crippen LogP) is 2.67. The molecule has 1 heterocycles. The lowest BCUT2D eigenvalue weighted by molar-refractivity contribution is -0.116. The summed E-state index contributed by atoms with van der Waals surface area (Å²) in [6.45, 7) is 4.16. The molecule has 1 saturated heterocycles. The molecule has 20 heavy (non-hydrogen) atoms. The summed E-state index contributed by atoms with van der Waals surface area (Å²) in [5, 5.41) is 15.9. The first-order valence-electron chi connectivity index (χ1n) is 7.51. The van der Waals surface area contributed by atoms with Gasteiger partial charge in [-0.3, -0.25) is 4.79 Å². The van der Waals surface area contributed by atoms with Gasteiger partial charge in [-0.2, -0.15) is 0 Å². The van der Waals surface area contributed by atoms with Crippen molar-refractivity contribution in [1.29, 1.82) is 0 Å². The van der Waals surface area contributed by atoms with Gasteiger partial charge in [-0.05, 0) is 62.4 Å². The number of piperidine rings is 1. The molecule has 1 aliphatic heterocycles. The fourth-order valence-electron chi connectivity index (χ4n) is 2.62. The van der Waals surface area contributed by atoms with Gasteiger partial charge >= 0.3 is 0 Å². The van der Waals surface area contributed by atoms with E-state index in [9.17, 15) is 9.90 Å². The molecule has 1 aromatic rings. The molecule has 0 spiro atoms. The molecule has 0 aliphatic carbocycles. The van der Waals surface area contributed by atoms with Crippen molar-refractivity contribution in [1.82, 2.24) is 5.32 Å². The third kappa shape index (κ3) is 4.23. The quantitative estimate of drug-likeness (QED) is 0.725. The number of amides is 1. The zero-order chi connectivity index (χ0) is 14.4. The first-order valence-corrected chi connectivity index (χ1v) is 7.51. The van der Waals surface area contributed by atoms with E-state index in [1.54, 1.807) is 6.07 Å². The van der Waals surface area contributed by atoms with E-state index >= 15 is 0 Å². The third-order valence-corrected chi connectivity index (χ3v) is 3.92.